The number of rotatable bonds is 6. The van der Waals surface area contributed by atoms with Crippen LogP contribution in [0.3, 0.4) is 0 Å². The third-order valence-corrected chi connectivity index (χ3v) is 12.4. The zero-order valence-corrected chi connectivity index (χ0v) is 26.4. The number of amides is 2. The maximum atomic E-state index is 15.1. The molecule has 3 aliphatic rings. The summed E-state index contributed by atoms with van der Waals surface area (Å²) in [7, 11) is -4.76. The molecule has 1 aliphatic carbocycles. The van der Waals surface area contributed by atoms with E-state index in [0.29, 0.717) is 17.7 Å². The van der Waals surface area contributed by atoms with E-state index < -0.39 is 104 Å². The number of hydrogen-bond acceptors (Lipinski definition) is 4. The van der Waals surface area contributed by atoms with Crippen molar-refractivity contribution in [2.75, 3.05) is 6.54 Å². The van der Waals surface area contributed by atoms with Crippen LogP contribution in [0.15, 0.2) is 71.6 Å². The van der Waals surface area contributed by atoms with Crippen LogP contribution in [-0.2, 0) is 42.8 Å². The van der Waals surface area contributed by atoms with Gasteiger partial charge >= 0.3 is 18.0 Å². The maximum absolute atomic E-state index is 15.1. The van der Waals surface area contributed by atoms with Crippen molar-refractivity contribution in [3.05, 3.63) is 101 Å². The Morgan fingerprint density at radius 1 is 0.860 bits per heavy atom. The molecule has 17 heteroatoms. The molecule has 3 aromatic carbocycles. The minimum atomic E-state index is -6.43. The molecule has 4 atom stereocenters. The monoisotopic (exact) mass is 736 g/mol. The fourth-order valence-corrected chi connectivity index (χ4v) is 9.84. The van der Waals surface area contributed by atoms with Crippen LogP contribution in [-0.4, -0.2) is 67.2 Å². The van der Waals surface area contributed by atoms with E-state index in [9.17, 15) is 57.5 Å². The number of carbonyl (C=O) groups excluding carboxylic acids is 2. The van der Waals surface area contributed by atoms with E-state index in [0.717, 1.165) is 46.2 Å². The summed E-state index contributed by atoms with van der Waals surface area (Å²) >= 11 is 0. The first-order valence-corrected chi connectivity index (χ1v) is 16.7. The van der Waals surface area contributed by atoms with Gasteiger partial charge in [0.25, 0.3) is 5.91 Å². The molecule has 0 radical (unpaired) electrons. The predicted molar refractivity (Wildman–Crippen MR) is 155 cm³/mol. The van der Waals surface area contributed by atoms with Gasteiger partial charge in [-0.1, -0.05) is 30.3 Å². The van der Waals surface area contributed by atoms with Crippen molar-refractivity contribution < 1.29 is 61.9 Å². The van der Waals surface area contributed by atoms with Crippen molar-refractivity contribution in [1.29, 1.82) is 0 Å². The summed E-state index contributed by atoms with van der Waals surface area (Å²) in [4.78, 5) is 28.6. The van der Waals surface area contributed by atoms with Gasteiger partial charge in [-0.25, -0.2) is 26.0 Å². The number of hydrogen-bond donors (Lipinski definition) is 0. The number of halogens is 10. The summed E-state index contributed by atoms with van der Waals surface area (Å²) in [5.74, 6) is -3.31. The minimum Gasteiger partial charge on any atom is -0.336 e. The topological polar surface area (TPSA) is 74.8 Å². The van der Waals surface area contributed by atoms with Gasteiger partial charge in [-0.15, -0.1) is 0 Å². The van der Waals surface area contributed by atoms with Crippen LogP contribution in [0.4, 0.5) is 43.9 Å². The Hall–Kier alpha value is -4.15. The van der Waals surface area contributed by atoms with Gasteiger partial charge in [0, 0.05) is 25.1 Å². The van der Waals surface area contributed by atoms with Crippen LogP contribution in [0.25, 0.3) is 0 Å². The van der Waals surface area contributed by atoms with E-state index in [-0.39, 0.29) is 36.7 Å². The Morgan fingerprint density at radius 2 is 1.44 bits per heavy atom. The van der Waals surface area contributed by atoms with Crippen LogP contribution >= 0.6 is 0 Å². The van der Waals surface area contributed by atoms with Crippen LogP contribution < -0.4 is 0 Å². The van der Waals surface area contributed by atoms with E-state index in [1.54, 1.807) is 0 Å². The molecule has 0 bridgehead atoms. The molecular formula is C33H26F10N2O4S. The number of nitrogens with zero attached hydrogens (tertiary/aromatic N) is 2. The third kappa shape index (κ3) is 5.33. The van der Waals surface area contributed by atoms with Gasteiger partial charge in [-0.05, 0) is 72.4 Å². The lowest BCUT2D eigenvalue weighted by Crippen LogP contribution is -2.55. The number of likely N-dealkylation sites (tertiary alicyclic amines) is 2. The number of aryl methyl sites for hydroxylation is 1. The molecule has 2 saturated heterocycles. The van der Waals surface area contributed by atoms with E-state index in [4.69, 9.17) is 0 Å². The number of carbonyl (C=O) groups is 2. The molecule has 6 rings (SSSR count). The molecule has 2 fully saturated rings. The molecular weight excluding hydrogens is 710 g/mol. The minimum absolute atomic E-state index is 0.211. The van der Waals surface area contributed by atoms with E-state index in [2.05, 4.69) is 0 Å². The molecule has 0 unspecified atom stereocenters. The van der Waals surface area contributed by atoms with Gasteiger partial charge in [0.05, 0.1) is 10.9 Å². The highest BCUT2D eigenvalue weighted by molar-refractivity contribution is 7.92. The molecule has 2 heterocycles. The second kappa shape index (κ2) is 12.0. The molecule has 2 aliphatic heterocycles. The Labute approximate surface area is 278 Å². The molecule has 268 valence electrons. The van der Waals surface area contributed by atoms with Crippen molar-refractivity contribution in [2.45, 2.75) is 78.1 Å². The van der Waals surface area contributed by atoms with Gasteiger partial charge in [-0.2, -0.15) is 26.3 Å². The first kappa shape index (κ1) is 35.7. The largest absolute Gasteiger partial charge is 0.435 e. The lowest BCUT2D eigenvalue weighted by molar-refractivity contribution is -0.348. The quantitative estimate of drug-likeness (QED) is 0.211. The fourth-order valence-electron chi connectivity index (χ4n) is 7.48. The second-order valence-electron chi connectivity index (χ2n) is 12.5. The molecule has 3 aromatic rings. The van der Waals surface area contributed by atoms with Crippen molar-refractivity contribution in [3.8, 4) is 0 Å². The molecule has 0 N–H and O–H groups in total. The standard InChI is InChI=1S/C33H26F10N2O4S/c34-21-5-1-18(2-6-21)17-45-26(16-25(36)28(45)46)29(47)44-14-13-30(50(48,49)23-9-7-22(35)8-10-23)24-11-4-20(15-19(24)3-12-27(30)44)31(37,32(38,39)40)33(41,42)43/h1-2,4-11,15,25-27H,3,12-14,16-17H2/t25-,26+,27-,30-/m1/s1. The van der Waals surface area contributed by atoms with Gasteiger partial charge in [0.1, 0.15) is 22.4 Å². The average molecular weight is 737 g/mol. The Bertz CT molecular complexity index is 1920. The first-order valence-electron chi connectivity index (χ1n) is 15.2. The number of sulfone groups is 1. The zero-order chi connectivity index (χ0) is 36.6. The van der Waals surface area contributed by atoms with Crippen molar-refractivity contribution >= 4 is 21.7 Å². The van der Waals surface area contributed by atoms with Gasteiger partial charge in [0.2, 0.25) is 5.91 Å². The Kier molecular flexibility index (Phi) is 8.54. The smallest absolute Gasteiger partial charge is 0.336 e. The number of alkyl halides is 8. The highest BCUT2D eigenvalue weighted by Crippen LogP contribution is 2.57. The van der Waals surface area contributed by atoms with Crippen molar-refractivity contribution in [3.63, 3.8) is 0 Å². The lowest BCUT2D eigenvalue weighted by atomic mass is 9.76. The van der Waals surface area contributed by atoms with E-state index >= 15 is 4.39 Å². The maximum Gasteiger partial charge on any atom is 0.435 e. The van der Waals surface area contributed by atoms with Crippen molar-refractivity contribution in [1.82, 2.24) is 9.80 Å². The summed E-state index contributed by atoms with van der Waals surface area (Å²) in [5, 5.41) is 0. The molecule has 0 saturated carbocycles. The van der Waals surface area contributed by atoms with Crippen LogP contribution in [0, 0.1) is 11.6 Å². The second-order valence-corrected chi connectivity index (χ2v) is 14.7. The number of fused-ring (bicyclic) bond motifs is 3. The van der Waals surface area contributed by atoms with Crippen LogP contribution in [0.1, 0.15) is 41.5 Å². The summed E-state index contributed by atoms with van der Waals surface area (Å²) in [6, 6.07) is 6.74. The summed E-state index contributed by atoms with van der Waals surface area (Å²) < 4.78 is 166. The lowest BCUT2D eigenvalue weighted by Gasteiger charge is -2.43. The summed E-state index contributed by atoms with van der Waals surface area (Å²) in [6.45, 7) is -0.655. The molecule has 2 amide bonds. The number of benzene rings is 3. The van der Waals surface area contributed by atoms with Gasteiger partial charge in [-0.3, -0.25) is 9.59 Å². The summed E-state index contributed by atoms with van der Waals surface area (Å²) in [6.07, 6.45) is -16.8. The SMILES string of the molecule is O=C1[C@H](F)C[C@@H](C(=O)N2CC[C@@]3(S(=O)(=O)c4ccc(F)cc4)c4ccc(C(F)(C(F)(F)F)C(F)(F)F)cc4CC[C@@H]23)N1Cc1ccc(F)cc1. The molecule has 0 spiro atoms. The van der Waals surface area contributed by atoms with Gasteiger partial charge < -0.3 is 9.80 Å². The Balaban J connectivity index is 1.45. The van der Waals surface area contributed by atoms with Gasteiger partial charge in [0.15, 0.2) is 16.0 Å². The normalized spacial score (nSPS) is 24.4. The Morgan fingerprint density at radius 3 is 2.02 bits per heavy atom. The first-order chi connectivity index (χ1) is 23.2. The predicted octanol–water partition coefficient (Wildman–Crippen LogP) is 6.61. The molecule has 0 aromatic heterocycles. The van der Waals surface area contributed by atoms with Crippen LogP contribution in [0.5, 0.6) is 0 Å². The van der Waals surface area contributed by atoms with Crippen LogP contribution in [0.2, 0.25) is 0 Å². The highest BCUT2D eigenvalue weighted by atomic mass is 32.2. The summed E-state index contributed by atoms with van der Waals surface area (Å²) in [5.41, 5.74) is -7.88. The van der Waals surface area contributed by atoms with E-state index in [1.807, 2.05) is 0 Å². The fraction of sp³-hybridized carbons (Fsp3) is 0.394. The molecule has 50 heavy (non-hydrogen) atoms. The average Bonchev–Trinajstić information content (AvgIpc) is 3.59. The zero-order valence-electron chi connectivity index (χ0n) is 25.5. The highest BCUT2D eigenvalue weighted by Gasteiger charge is 2.74. The van der Waals surface area contributed by atoms with E-state index in [1.165, 1.54) is 12.1 Å². The third-order valence-electron chi connectivity index (χ3n) is 9.86. The van der Waals surface area contributed by atoms with Crippen molar-refractivity contribution in [2.24, 2.45) is 0 Å². The molecule has 6 nitrogen and oxygen atoms in total.